The minimum atomic E-state index is -4.87. The van der Waals surface area contributed by atoms with Gasteiger partial charge in [0.25, 0.3) is 5.91 Å². The standard InChI is InChI=1S/C23H24F3N7O3/c1-11(30-22(35)15-6-14(12-2-3-12)7-16(8-15)36-23(24,25)26)21-31-20(13-4-5-13)32-33(21)18-9-17(19(27)34)28-10-29-18/h6-13,19,34H,2-5,27H2,1H3,(H,30,35)/t11-,19?/m0/s1. The van der Waals surface area contributed by atoms with Crippen molar-refractivity contribution in [2.24, 2.45) is 5.73 Å². The van der Waals surface area contributed by atoms with Gasteiger partial charge in [-0.15, -0.1) is 18.3 Å². The number of hydrogen-bond donors (Lipinski definition) is 3. The van der Waals surface area contributed by atoms with E-state index in [4.69, 9.17) is 5.73 Å². The quantitative estimate of drug-likeness (QED) is 0.398. The summed E-state index contributed by atoms with van der Waals surface area (Å²) >= 11 is 0. The number of nitrogens with two attached hydrogens (primary N) is 1. The van der Waals surface area contributed by atoms with Crippen LogP contribution in [0, 0.1) is 0 Å². The van der Waals surface area contributed by atoms with Crippen LogP contribution in [-0.2, 0) is 0 Å². The van der Waals surface area contributed by atoms with Crippen molar-refractivity contribution in [1.82, 2.24) is 30.0 Å². The van der Waals surface area contributed by atoms with Crippen molar-refractivity contribution in [1.29, 1.82) is 0 Å². The highest BCUT2D eigenvalue weighted by Gasteiger charge is 2.34. The van der Waals surface area contributed by atoms with E-state index in [1.165, 1.54) is 23.1 Å². The first-order valence-corrected chi connectivity index (χ1v) is 11.5. The highest BCUT2D eigenvalue weighted by molar-refractivity contribution is 5.95. The van der Waals surface area contributed by atoms with Gasteiger partial charge < -0.3 is 20.9 Å². The average Bonchev–Trinajstić information content (AvgIpc) is 3.75. The maximum absolute atomic E-state index is 13.1. The molecular formula is C23H24F3N7O3. The van der Waals surface area contributed by atoms with Crippen LogP contribution in [0.15, 0.2) is 30.6 Å². The zero-order valence-electron chi connectivity index (χ0n) is 19.2. The van der Waals surface area contributed by atoms with E-state index in [0.29, 0.717) is 23.0 Å². The van der Waals surface area contributed by atoms with Crippen molar-refractivity contribution in [3.8, 4) is 11.6 Å². The Morgan fingerprint density at radius 2 is 1.89 bits per heavy atom. The molecule has 13 heteroatoms. The SMILES string of the molecule is C[C@H](NC(=O)c1cc(OC(F)(F)F)cc(C2CC2)c1)c1nc(C2CC2)nn1-c1cc(C(N)O)ncn1. The number of carbonyl (C=O) groups excluding carboxylic acids is 1. The summed E-state index contributed by atoms with van der Waals surface area (Å²) in [4.78, 5) is 25.8. The third-order valence-electron chi connectivity index (χ3n) is 5.99. The molecule has 2 aliphatic rings. The fourth-order valence-corrected chi connectivity index (χ4v) is 3.89. The van der Waals surface area contributed by atoms with Crippen LogP contribution >= 0.6 is 0 Å². The molecule has 0 saturated heterocycles. The Kier molecular flexibility index (Phi) is 6.12. The van der Waals surface area contributed by atoms with Gasteiger partial charge in [-0.2, -0.15) is 4.68 Å². The number of nitrogens with zero attached hydrogens (tertiary/aromatic N) is 5. The molecule has 36 heavy (non-hydrogen) atoms. The van der Waals surface area contributed by atoms with E-state index in [2.05, 4.69) is 30.1 Å². The number of aliphatic hydroxyl groups excluding tert-OH is 1. The lowest BCUT2D eigenvalue weighted by molar-refractivity contribution is -0.274. The molecule has 5 rings (SSSR count). The minimum Gasteiger partial charge on any atom is -0.406 e. The molecule has 1 unspecified atom stereocenters. The van der Waals surface area contributed by atoms with Gasteiger partial charge in [0.2, 0.25) is 0 Å². The van der Waals surface area contributed by atoms with E-state index < -0.39 is 30.3 Å². The molecule has 190 valence electrons. The Hall–Kier alpha value is -3.58. The Bertz CT molecular complexity index is 1290. The molecule has 3 aromatic rings. The second kappa shape index (κ2) is 9.13. The van der Waals surface area contributed by atoms with E-state index in [0.717, 1.165) is 31.7 Å². The summed E-state index contributed by atoms with van der Waals surface area (Å²) in [7, 11) is 0. The molecule has 2 fully saturated rings. The summed E-state index contributed by atoms with van der Waals surface area (Å²) in [5.41, 5.74) is 6.38. The van der Waals surface area contributed by atoms with Crippen LogP contribution < -0.4 is 15.8 Å². The third-order valence-corrected chi connectivity index (χ3v) is 5.99. The molecule has 2 heterocycles. The van der Waals surface area contributed by atoms with Gasteiger partial charge in [-0.05, 0) is 62.3 Å². The Morgan fingerprint density at radius 3 is 2.53 bits per heavy atom. The normalized spacial score (nSPS) is 17.5. The molecule has 2 atom stereocenters. The minimum absolute atomic E-state index is 0.0505. The molecule has 0 aliphatic heterocycles. The molecule has 1 aromatic carbocycles. The topological polar surface area (TPSA) is 141 Å². The number of ether oxygens (including phenoxy) is 1. The van der Waals surface area contributed by atoms with Crippen molar-refractivity contribution in [2.75, 3.05) is 0 Å². The first kappa shape index (κ1) is 24.1. The van der Waals surface area contributed by atoms with Crippen LogP contribution in [0.25, 0.3) is 5.82 Å². The van der Waals surface area contributed by atoms with Gasteiger partial charge in [0, 0.05) is 17.5 Å². The summed E-state index contributed by atoms with van der Waals surface area (Å²) < 4.78 is 44.1. The predicted octanol–water partition coefficient (Wildman–Crippen LogP) is 3.15. The molecule has 0 bridgehead atoms. The summed E-state index contributed by atoms with van der Waals surface area (Å²) in [5.74, 6) is 0.559. The maximum atomic E-state index is 13.1. The van der Waals surface area contributed by atoms with Gasteiger partial charge in [-0.25, -0.2) is 15.0 Å². The largest absolute Gasteiger partial charge is 0.573 e. The van der Waals surface area contributed by atoms with Crippen LogP contribution in [0.2, 0.25) is 0 Å². The smallest absolute Gasteiger partial charge is 0.406 e. The number of carbonyl (C=O) groups is 1. The van der Waals surface area contributed by atoms with Crippen molar-refractivity contribution < 1.29 is 27.8 Å². The number of halogens is 3. The highest BCUT2D eigenvalue weighted by Crippen LogP contribution is 2.42. The number of aliphatic hydroxyl groups is 1. The molecule has 2 aliphatic carbocycles. The first-order chi connectivity index (χ1) is 17.1. The highest BCUT2D eigenvalue weighted by atomic mass is 19.4. The second-order valence-electron chi connectivity index (χ2n) is 9.07. The first-order valence-electron chi connectivity index (χ1n) is 11.5. The van der Waals surface area contributed by atoms with E-state index in [-0.39, 0.29) is 23.1 Å². The molecule has 2 aromatic heterocycles. The van der Waals surface area contributed by atoms with Crippen molar-refractivity contribution >= 4 is 5.91 Å². The van der Waals surface area contributed by atoms with E-state index in [1.807, 2.05) is 0 Å². The molecule has 1 amide bonds. The third kappa shape index (κ3) is 5.46. The average molecular weight is 503 g/mol. The molecular weight excluding hydrogens is 479 g/mol. The Labute approximate surface area is 203 Å². The predicted molar refractivity (Wildman–Crippen MR) is 119 cm³/mol. The van der Waals surface area contributed by atoms with E-state index in [9.17, 15) is 23.1 Å². The van der Waals surface area contributed by atoms with Crippen molar-refractivity contribution in [3.05, 3.63) is 59.1 Å². The Morgan fingerprint density at radius 1 is 1.17 bits per heavy atom. The number of alkyl halides is 3. The zero-order valence-corrected chi connectivity index (χ0v) is 19.2. The molecule has 0 spiro atoms. The molecule has 2 saturated carbocycles. The number of nitrogens with one attached hydrogen (secondary N) is 1. The van der Waals surface area contributed by atoms with Crippen LogP contribution in [0.3, 0.4) is 0 Å². The number of amides is 1. The Balaban J connectivity index is 1.43. The fraction of sp³-hybridized carbons (Fsp3) is 0.435. The molecule has 0 radical (unpaired) electrons. The molecule has 10 nitrogen and oxygen atoms in total. The summed E-state index contributed by atoms with van der Waals surface area (Å²) in [6.07, 6.45) is -1.38. The van der Waals surface area contributed by atoms with E-state index in [1.54, 1.807) is 13.0 Å². The van der Waals surface area contributed by atoms with E-state index >= 15 is 0 Å². The maximum Gasteiger partial charge on any atom is 0.573 e. The van der Waals surface area contributed by atoms with Crippen LogP contribution in [0.4, 0.5) is 13.2 Å². The number of hydrogen-bond acceptors (Lipinski definition) is 8. The van der Waals surface area contributed by atoms with Gasteiger partial charge in [-0.1, -0.05) is 0 Å². The molecule has 4 N–H and O–H groups in total. The zero-order chi connectivity index (χ0) is 25.6. The number of aromatic nitrogens is 5. The van der Waals surface area contributed by atoms with Crippen LogP contribution in [0.1, 0.15) is 90.0 Å². The summed E-state index contributed by atoms with van der Waals surface area (Å²) in [6.45, 7) is 1.69. The van der Waals surface area contributed by atoms with Crippen LogP contribution in [0.5, 0.6) is 5.75 Å². The summed E-state index contributed by atoms with van der Waals surface area (Å²) in [6, 6.07) is 4.76. The fourth-order valence-electron chi connectivity index (χ4n) is 3.89. The van der Waals surface area contributed by atoms with Gasteiger partial charge >= 0.3 is 6.36 Å². The summed E-state index contributed by atoms with van der Waals surface area (Å²) in [5, 5.41) is 17.0. The lowest BCUT2D eigenvalue weighted by atomic mass is 10.1. The van der Waals surface area contributed by atoms with Crippen LogP contribution in [-0.4, -0.2) is 42.1 Å². The monoisotopic (exact) mass is 503 g/mol. The number of rotatable bonds is 8. The second-order valence-corrected chi connectivity index (χ2v) is 9.07. The van der Waals surface area contributed by atoms with Gasteiger partial charge in [0.1, 0.15) is 18.3 Å². The van der Waals surface area contributed by atoms with Gasteiger partial charge in [-0.3, -0.25) is 4.79 Å². The van der Waals surface area contributed by atoms with Crippen molar-refractivity contribution in [2.45, 2.75) is 63.1 Å². The van der Waals surface area contributed by atoms with Gasteiger partial charge in [0.15, 0.2) is 17.5 Å². The lowest BCUT2D eigenvalue weighted by Crippen LogP contribution is -2.29. The van der Waals surface area contributed by atoms with Crippen molar-refractivity contribution in [3.63, 3.8) is 0 Å². The number of benzene rings is 1. The van der Waals surface area contributed by atoms with Gasteiger partial charge in [0.05, 0.1) is 11.7 Å². The lowest BCUT2D eigenvalue weighted by Gasteiger charge is -2.16.